The summed E-state index contributed by atoms with van der Waals surface area (Å²) in [5.74, 6) is 0. The van der Waals surface area contributed by atoms with Gasteiger partial charge in [0.25, 0.3) is 0 Å². The summed E-state index contributed by atoms with van der Waals surface area (Å²) < 4.78 is 153. The predicted molar refractivity (Wildman–Crippen MR) is 129 cm³/mol. The van der Waals surface area contributed by atoms with Gasteiger partial charge in [0.05, 0.1) is 16.2 Å². The van der Waals surface area contributed by atoms with Crippen LogP contribution in [-0.2, 0) is 22.7 Å². The highest BCUT2D eigenvalue weighted by atomic mass is 32.2. The second-order valence-electron chi connectivity index (χ2n) is 10.5. The van der Waals surface area contributed by atoms with Crippen molar-refractivity contribution in [1.82, 2.24) is 9.29 Å². The fraction of sp³-hybridized carbons (Fsp3) is 0.462. The molecule has 1 N–H and O–H groups in total. The van der Waals surface area contributed by atoms with Crippen molar-refractivity contribution in [3.8, 4) is 11.1 Å². The molecular formula is C26H23F9N2O2S. The Hall–Kier alpha value is -2.74. The van der Waals surface area contributed by atoms with Crippen LogP contribution >= 0.6 is 0 Å². The molecule has 2 aliphatic carbocycles. The monoisotopic (exact) mass is 598 g/mol. The van der Waals surface area contributed by atoms with Crippen molar-refractivity contribution in [2.24, 2.45) is 5.41 Å². The van der Waals surface area contributed by atoms with Crippen LogP contribution in [0.4, 0.5) is 39.5 Å². The number of hydrogen-bond acceptors (Lipinski definition) is 2. The Bertz CT molecular complexity index is 1530. The van der Waals surface area contributed by atoms with Crippen LogP contribution in [0.15, 0.2) is 48.7 Å². The quantitative estimate of drug-likeness (QED) is 0.283. The lowest BCUT2D eigenvalue weighted by Crippen LogP contribution is -2.44. The van der Waals surface area contributed by atoms with Crippen molar-refractivity contribution in [3.05, 3.63) is 59.8 Å². The molecule has 2 aromatic carbocycles. The van der Waals surface area contributed by atoms with Gasteiger partial charge >= 0.3 is 18.5 Å². The third-order valence-corrected chi connectivity index (χ3v) is 9.71. The molecule has 1 atom stereocenters. The zero-order valence-corrected chi connectivity index (χ0v) is 21.4. The smallest absolute Gasteiger partial charge is 0.346 e. The molecular weight excluding hydrogens is 575 g/mol. The molecule has 1 aromatic heterocycles. The van der Waals surface area contributed by atoms with Crippen molar-refractivity contribution < 1.29 is 47.9 Å². The summed E-state index contributed by atoms with van der Waals surface area (Å²) in [5, 5.41) is -1.24. The van der Waals surface area contributed by atoms with Crippen LogP contribution in [-0.4, -0.2) is 30.6 Å². The van der Waals surface area contributed by atoms with Crippen LogP contribution in [0, 0.1) is 5.41 Å². The number of halogens is 9. The Morgan fingerprint density at radius 2 is 1.60 bits per heavy atom. The molecule has 0 amide bonds. The number of fused-ring (bicyclic) bond motifs is 1. The molecule has 0 spiro atoms. The van der Waals surface area contributed by atoms with Crippen LogP contribution in [0.2, 0.25) is 0 Å². The number of benzene rings is 2. The van der Waals surface area contributed by atoms with Crippen molar-refractivity contribution in [2.75, 3.05) is 0 Å². The van der Waals surface area contributed by atoms with E-state index in [4.69, 9.17) is 0 Å². The lowest BCUT2D eigenvalue weighted by atomic mass is 9.97. The minimum absolute atomic E-state index is 0.0678. The molecule has 2 saturated carbocycles. The number of sulfonamides is 1. The van der Waals surface area contributed by atoms with Gasteiger partial charge in [-0.05, 0) is 48.9 Å². The number of rotatable bonds is 7. The van der Waals surface area contributed by atoms with E-state index in [0.29, 0.717) is 6.42 Å². The standard InChI is InChI=1S/C26H23F9N2O2S/c27-24(28,29)20-7-2-1-6-17(20)15-8-9-18-19(22(25(30,31)32)36-40(38,39)16-4-3-5-16)13-37(21(18)12-15)14-23(10-11-23)26(33,34)35/h1-2,6-9,12-13,16,22,36H,3-5,10-11,14H2. The Balaban J connectivity index is 1.68. The average Bonchev–Trinajstić information content (AvgIpc) is 3.51. The molecule has 0 saturated heterocycles. The summed E-state index contributed by atoms with van der Waals surface area (Å²) in [4.78, 5) is 0. The Kier molecular flexibility index (Phi) is 6.76. The molecule has 3 aromatic rings. The zero-order valence-electron chi connectivity index (χ0n) is 20.6. The van der Waals surface area contributed by atoms with E-state index in [1.807, 2.05) is 0 Å². The largest absolute Gasteiger partial charge is 0.417 e. The van der Waals surface area contributed by atoms with E-state index in [2.05, 4.69) is 0 Å². The first-order valence-corrected chi connectivity index (χ1v) is 13.9. The molecule has 1 heterocycles. The summed E-state index contributed by atoms with van der Waals surface area (Å²) in [6.45, 7) is -0.767. The van der Waals surface area contributed by atoms with Gasteiger partial charge < -0.3 is 4.57 Å². The number of alkyl halides is 9. The Morgan fingerprint density at radius 3 is 2.12 bits per heavy atom. The molecule has 2 aliphatic rings. The highest BCUT2D eigenvalue weighted by Gasteiger charge is 2.63. The maximum Gasteiger partial charge on any atom is 0.417 e. The normalized spacial score (nSPS) is 19.0. The minimum Gasteiger partial charge on any atom is -0.346 e. The lowest BCUT2D eigenvalue weighted by molar-refractivity contribution is -0.190. The van der Waals surface area contributed by atoms with Gasteiger partial charge in [-0.3, -0.25) is 0 Å². The number of nitrogens with one attached hydrogen (secondary N) is 1. The van der Waals surface area contributed by atoms with Gasteiger partial charge in [0.15, 0.2) is 0 Å². The van der Waals surface area contributed by atoms with Crippen molar-refractivity contribution >= 4 is 20.9 Å². The van der Waals surface area contributed by atoms with Gasteiger partial charge in [0, 0.05) is 29.2 Å². The number of aromatic nitrogens is 1. The van der Waals surface area contributed by atoms with Gasteiger partial charge in [0.2, 0.25) is 10.0 Å². The summed E-state index contributed by atoms with van der Waals surface area (Å²) >= 11 is 0. The molecule has 218 valence electrons. The second kappa shape index (κ2) is 9.40. The predicted octanol–water partition coefficient (Wildman–Crippen LogP) is 7.74. The molecule has 40 heavy (non-hydrogen) atoms. The summed E-state index contributed by atoms with van der Waals surface area (Å²) in [6.07, 6.45) is -13.4. The van der Waals surface area contributed by atoms with E-state index >= 15 is 0 Å². The Labute approximate surface area is 223 Å². The lowest BCUT2D eigenvalue weighted by Gasteiger charge is -2.29. The van der Waals surface area contributed by atoms with E-state index in [1.165, 1.54) is 6.07 Å². The maximum atomic E-state index is 14.3. The molecule has 5 rings (SSSR count). The molecule has 0 bridgehead atoms. The highest BCUT2D eigenvalue weighted by Crippen LogP contribution is 2.59. The maximum absolute atomic E-state index is 14.3. The van der Waals surface area contributed by atoms with E-state index in [0.717, 1.165) is 47.2 Å². The van der Waals surface area contributed by atoms with Gasteiger partial charge in [-0.1, -0.05) is 36.8 Å². The topological polar surface area (TPSA) is 51.1 Å². The second-order valence-corrected chi connectivity index (χ2v) is 12.4. The fourth-order valence-corrected chi connectivity index (χ4v) is 6.82. The first-order chi connectivity index (χ1) is 18.4. The zero-order chi connectivity index (χ0) is 29.3. The first kappa shape index (κ1) is 28.8. The summed E-state index contributed by atoms with van der Waals surface area (Å²) in [6, 6.07) is 5.05. The van der Waals surface area contributed by atoms with Crippen molar-refractivity contribution in [2.45, 2.75) is 68.5 Å². The SMILES string of the molecule is O=S(=O)(NC(c1cn(CC2(C(F)(F)F)CC2)c2cc(-c3ccccc3C(F)(F)F)ccc12)C(F)(F)F)C1CCC1. The molecule has 1 unspecified atom stereocenters. The van der Waals surface area contributed by atoms with E-state index in [-0.39, 0.29) is 47.7 Å². The summed E-state index contributed by atoms with van der Waals surface area (Å²) in [7, 11) is -4.42. The molecule has 14 heteroatoms. The first-order valence-electron chi connectivity index (χ1n) is 12.4. The molecule has 0 radical (unpaired) electrons. The van der Waals surface area contributed by atoms with Gasteiger partial charge in [-0.2, -0.15) is 44.2 Å². The van der Waals surface area contributed by atoms with Gasteiger partial charge in [-0.25, -0.2) is 8.42 Å². The van der Waals surface area contributed by atoms with Crippen molar-refractivity contribution in [3.63, 3.8) is 0 Å². The Morgan fingerprint density at radius 1 is 0.950 bits per heavy atom. The van der Waals surface area contributed by atoms with Gasteiger partial charge in [0.1, 0.15) is 6.04 Å². The van der Waals surface area contributed by atoms with Gasteiger partial charge in [-0.15, -0.1) is 0 Å². The minimum atomic E-state index is -5.15. The highest BCUT2D eigenvalue weighted by molar-refractivity contribution is 7.90. The third-order valence-electron chi connectivity index (χ3n) is 7.80. The molecule has 2 fully saturated rings. The third kappa shape index (κ3) is 5.19. The van der Waals surface area contributed by atoms with Crippen LogP contribution in [0.3, 0.4) is 0 Å². The summed E-state index contributed by atoms with van der Waals surface area (Å²) in [5.41, 5.74) is -4.39. The fourth-order valence-electron chi connectivity index (χ4n) is 5.09. The van der Waals surface area contributed by atoms with Crippen LogP contribution in [0.5, 0.6) is 0 Å². The van der Waals surface area contributed by atoms with Crippen LogP contribution in [0.1, 0.15) is 49.3 Å². The van der Waals surface area contributed by atoms with E-state index in [9.17, 15) is 47.9 Å². The van der Waals surface area contributed by atoms with Crippen molar-refractivity contribution in [1.29, 1.82) is 0 Å². The molecule has 0 aliphatic heterocycles. The number of hydrogen-bond donors (Lipinski definition) is 1. The average molecular weight is 599 g/mol. The van der Waals surface area contributed by atoms with Crippen LogP contribution in [0.25, 0.3) is 22.0 Å². The van der Waals surface area contributed by atoms with E-state index in [1.54, 1.807) is 4.72 Å². The van der Waals surface area contributed by atoms with Crippen LogP contribution < -0.4 is 4.72 Å². The van der Waals surface area contributed by atoms with E-state index < -0.39 is 62.9 Å². The molecule has 4 nitrogen and oxygen atoms in total. The number of nitrogens with zero attached hydrogens (tertiary/aromatic N) is 1.